The second-order valence-electron chi connectivity index (χ2n) is 6.13. The molecule has 1 atom stereocenters. The van der Waals surface area contributed by atoms with E-state index in [0.29, 0.717) is 5.92 Å². The molecule has 1 amide bonds. The van der Waals surface area contributed by atoms with E-state index in [1.165, 1.54) is 17.0 Å². The quantitative estimate of drug-likeness (QED) is 0.882. The van der Waals surface area contributed by atoms with Gasteiger partial charge in [-0.25, -0.2) is 0 Å². The third kappa shape index (κ3) is 4.22. The summed E-state index contributed by atoms with van der Waals surface area (Å²) in [7, 11) is 0. The number of nitrogens with one attached hydrogen (secondary N) is 2. The molecule has 1 heterocycles. The molecular weight excluding hydrogens is 293 g/mol. The van der Waals surface area contributed by atoms with Gasteiger partial charge in [-0.3, -0.25) is 4.79 Å². The Bertz CT molecular complexity index is 522. The number of benzene rings is 1. The Labute approximate surface area is 128 Å². The van der Waals surface area contributed by atoms with Crippen molar-refractivity contribution in [2.75, 3.05) is 18.4 Å². The lowest BCUT2D eigenvalue weighted by atomic mass is 9.98. The zero-order chi connectivity index (χ0) is 16.3. The first-order valence-electron chi connectivity index (χ1n) is 7.60. The Kier molecular flexibility index (Phi) is 5.11. The Morgan fingerprint density at radius 3 is 2.55 bits per heavy atom. The maximum absolute atomic E-state index is 12.7. The number of amides is 1. The lowest BCUT2D eigenvalue weighted by molar-refractivity contribution is -0.919. The van der Waals surface area contributed by atoms with Gasteiger partial charge in [0.25, 0.3) is 5.91 Å². The van der Waals surface area contributed by atoms with Crippen LogP contribution in [0.15, 0.2) is 24.3 Å². The summed E-state index contributed by atoms with van der Waals surface area (Å²) < 4.78 is 38.0. The van der Waals surface area contributed by atoms with Crippen molar-refractivity contribution in [1.29, 1.82) is 0 Å². The smallest absolute Gasteiger partial charge is 0.325 e. The normalized spacial score (nSPS) is 23.9. The number of alkyl halides is 3. The number of piperidine rings is 1. The van der Waals surface area contributed by atoms with Gasteiger partial charge < -0.3 is 10.2 Å². The van der Waals surface area contributed by atoms with Gasteiger partial charge in [0, 0.05) is 5.69 Å². The lowest BCUT2D eigenvalue weighted by Crippen LogP contribution is -3.17. The highest BCUT2D eigenvalue weighted by molar-refractivity contribution is 5.93. The fourth-order valence-corrected chi connectivity index (χ4v) is 2.78. The first-order chi connectivity index (χ1) is 10.3. The van der Waals surface area contributed by atoms with E-state index >= 15 is 0 Å². The number of rotatable bonds is 3. The molecule has 1 saturated heterocycles. The number of likely N-dealkylation sites (tertiary alicyclic amines) is 1. The van der Waals surface area contributed by atoms with Gasteiger partial charge >= 0.3 is 6.18 Å². The molecule has 0 unspecified atom stereocenters. The van der Waals surface area contributed by atoms with Crippen molar-refractivity contribution < 1.29 is 22.9 Å². The molecule has 0 saturated carbocycles. The van der Waals surface area contributed by atoms with E-state index in [2.05, 4.69) is 12.2 Å². The monoisotopic (exact) mass is 315 g/mol. The van der Waals surface area contributed by atoms with Crippen LogP contribution in [0, 0.1) is 5.92 Å². The number of halogens is 3. The predicted octanol–water partition coefficient (Wildman–Crippen LogP) is 2.35. The SMILES string of the molecule is CC1CC[NH+]([C@@H](C)C(=O)Nc2cccc(C(F)(F)F)c2)CC1. The van der Waals surface area contributed by atoms with Crippen LogP contribution in [0.4, 0.5) is 18.9 Å². The van der Waals surface area contributed by atoms with Crippen LogP contribution in [0.2, 0.25) is 0 Å². The van der Waals surface area contributed by atoms with Crippen LogP contribution < -0.4 is 10.2 Å². The fraction of sp³-hybridized carbons (Fsp3) is 0.562. The van der Waals surface area contributed by atoms with Gasteiger partial charge in [-0.05, 0) is 43.9 Å². The highest BCUT2D eigenvalue weighted by Crippen LogP contribution is 2.30. The summed E-state index contributed by atoms with van der Waals surface area (Å²) in [4.78, 5) is 13.4. The fourth-order valence-electron chi connectivity index (χ4n) is 2.78. The van der Waals surface area contributed by atoms with E-state index in [1.54, 1.807) is 0 Å². The van der Waals surface area contributed by atoms with Crippen LogP contribution in [0.1, 0.15) is 32.3 Å². The summed E-state index contributed by atoms with van der Waals surface area (Å²) >= 11 is 0. The highest BCUT2D eigenvalue weighted by Gasteiger charge is 2.31. The van der Waals surface area contributed by atoms with Gasteiger partial charge in [-0.2, -0.15) is 13.2 Å². The summed E-state index contributed by atoms with van der Waals surface area (Å²) in [5, 5.41) is 2.60. The molecule has 3 nitrogen and oxygen atoms in total. The van der Waals surface area contributed by atoms with Gasteiger partial charge in [-0.15, -0.1) is 0 Å². The van der Waals surface area contributed by atoms with Gasteiger partial charge in [0.1, 0.15) is 0 Å². The molecule has 6 heteroatoms. The Balaban J connectivity index is 1.99. The maximum Gasteiger partial charge on any atom is 0.416 e. The number of carbonyl (C=O) groups excluding carboxylic acids is 1. The number of anilines is 1. The molecule has 0 aliphatic carbocycles. The third-order valence-corrected chi connectivity index (χ3v) is 4.38. The van der Waals surface area contributed by atoms with Crippen LogP contribution in [-0.2, 0) is 11.0 Å². The van der Waals surface area contributed by atoms with Gasteiger partial charge in [0.2, 0.25) is 0 Å². The average Bonchev–Trinajstić information content (AvgIpc) is 2.46. The molecule has 0 bridgehead atoms. The van der Waals surface area contributed by atoms with Gasteiger partial charge in [0.15, 0.2) is 6.04 Å². The molecule has 1 aromatic rings. The summed E-state index contributed by atoms with van der Waals surface area (Å²) in [6.45, 7) is 5.88. The average molecular weight is 315 g/mol. The van der Waals surface area contributed by atoms with Crippen molar-refractivity contribution >= 4 is 11.6 Å². The van der Waals surface area contributed by atoms with Crippen molar-refractivity contribution in [2.24, 2.45) is 5.92 Å². The van der Waals surface area contributed by atoms with E-state index in [1.807, 2.05) is 6.92 Å². The minimum Gasteiger partial charge on any atom is -0.325 e. The number of carbonyl (C=O) groups is 1. The molecule has 0 aromatic heterocycles. The molecule has 1 aliphatic heterocycles. The van der Waals surface area contributed by atoms with Crippen molar-refractivity contribution in [3.05, 3.63) is 29.8 Å². The Morgan fingerprint density at radius 1 is 1.32 bits per heavy atom. The number of quaternary nitrogens is 1. The topological polar surface area (TPSA) is 33.5 Å². The van der Waals surface area contributed by atoms with Crippen LogP contribution in [-0.4, -0.2) is 25.0 Å². The van der Waals surface area contributed by atoms with Crippen molar-refractivity contribution in [3.8, 4) is 0 Å². The maximum atomic E-state index is 12.7. The molecule has 0 radical (unpaired) electrons. The van der Waals surface area contributed by atoms with Gasteiger partial charge in [-0.1, -0.05) is 13.0 Å². The zero-order valence-corrected chi connectivity index (χ0v) is 12.8. The first kappa shape index (κ1) is 16.8. The summed E-state index contributed by atoms with van der Waals surface area (Å²) in [5.74, 6) is 0.450. The molecule has 0 spiro atoms. The lowest BCUT2D eigenvalue weighted by Gasteiger charge is -2.31. The molecular formula is C16H22F3N2O+. The van der Waals surface area contributed by atoms with Crippen molar-refractivity contribution in [1.82, 2.24) is 0 Å². The predicted molar refractivity (Wildman–Crippen MR) is 78.6 cm³/mol. The number of hydrogen-bond acceptors (Lipinski definition) is 1. The minimum absolute atomic E-state index is 0.191. The largest absolute Gasteiger partial charge is 0.416 e. The second-order valence-corrected chi connectivity index (χ2v) is 6.13. The molecule has 1 aromatic carbocycles. The minimum atomic E-state index is -4.40. The summed E-state index contributed by atoms with van der Waals surface area (Å²) in [6.07, 6.45) is -2.24. The van der Waals surface area contributed by atoms with E-state index in [-0.39, 0.29) is 17.6 Å². The molecule has 1 fully saturated rings. The standard InChI is InChI=1S/C16H21F3N2O/c1-11-6-8-21(9-7-11)12(2)15(22)20-14-5-3-4-13(10-14)16(17,18)19/h3-5,10-12H,6-9H2,1-2H3,(H,20,22)/p+1/t12-/m0/s1. The van der Waals surface area contributed by atoms with Crippen LogP contribution in [0.25, 0.3) is 0 Å². The molecule has 2 N–H and O–H groups in total. The number of hydrogen-bond donors (Lipinski definition) is 2. The molecule has 22 heavy (non-hydrogen) atoms. The van der Waals surface area contributed by atoms with E-state index in [9.17, 15) is 18.0 Å². The first-order valence-corrected chi connectivity index (χ1v) is 7.60. The second kappa shape index (κ2) is 6.69. The van der Waals surface area contributed by atoms with Crippen LogP contribution in [0.5, 0.6) is 0 Å². The van der Waals surface area contributed by atoms with Crippen molar-refractivity contribution in [3.63, 3.8) is 0 Å². The van der Waals surface area contributed by atoms with Crippen molar-refractivity contribution in [2.45, 2.75) is 38.9 Å². The molecule has 1 aliphatic rings. The van der Waals surface area contributed by atoms with Crippen LogP contribution >= 0.6 is 0 Å². The van der Waals surface area contributed by atoms with E-state index < -0.39 is 11.7 Å². The van der Waals surface area contributed by atoms with Crippen LogP contribution in [0.3, 0.4) is 0 Å². The zero-order valence-electron chi connectivity index (χ0n) is 12.8. The summed E-state index contributed by atoms with van der Waals surface area (Å²) in [6, 6.07) is 4.49. The Morgan fingerprint density at radius 2 is 1.95 bits per heavy atom. The van der Waals surface area contributed by atoms with E-state index in [0.717, 1.165) is 38.1 Å². The van der Waals surface area contributed by atoms with E-state index in [4.69, 9.17) is 0 Å². The highest BCUT2D eigenvalue weighted by atomic mass is 19.4. The molecule has 2 rings (SSSR count). The Hall–Kier alpha value is -1.56. The molecule has 122 valence electrons. The van der Waals surface area contributed by atoms with Gasteiger partial charge in [0.05, 0.1) is 18.7 Å². The third-order valence-electron chi connectivity index (χ3n) is 4.38. The summed E-state index contributed by atoms with van der Waals surface area (Å²) in [5.41, 5.74) is -0.562.